The molecule has 3 atom stereocenters. The molecule has 1 aliphatic heterocycles. The topological polar surface area (TPSA) is 192 Å². The summed E-state index contributed by atoms with van der Waals surface area (Å²) in [7, 11) is 1.56. The van der Waals surface area contributed by atoms with Gasteiger partial charge >= 0.3 is 0 Å². The van der Waals surface area contributed by atoms with E-state index in [1.807, 2.05) is 44.2 Å². The van der Waals surface area contributed by atoms with Crippen molar-refractivity contribution in [2.24, 2.45) is 5.92 Å². The summed E-state index contributed by atoms with van der Waals surface area (Å²) in [6.07, 6.45) is 0.658. The summed E-state index contributed by atoms with van der Waals surface area (Å²) in [5.41, 5.74) is 1.73. The Labute approximate surface area is 295 Å². The lowest BCUT2D eigenvalue weighted by Crippen LogP contribution is -2.54. The minimum Gasteiger partial charge on any atom is -0.497 e. The van der Waals surface area contributed by atoms with Crippen LogP contribution in [0.15, 0.2) is 54.6 Å². The number of rotatable bonds is 5. The largest absolute Gasteiger partial charge is 0.497 e. The van der Waals surface area contributed by atoms with Gasteiger partial charge < -0.3 is 35.9 Å². The van der Waals surface area contributed by atoms with Crippen LogP contribution in [0.5, 0.6) is 5.75 Å². The summed E-state index contributed by atoms with van der Waals surface area (Å²) in [6.45, 7) is 6.92. The molecule has 0 bridgehead atoms. The van der Waals surface area contributed by atoms with Gasteiger partial charge in [-0.15, -0.1) is 0 Å². The van der Waals surface area contributed by atoms with Gasteiger partial charge in [0.05, 0.1) is 19.7 Å². The molecular weight excluding hydrogens is 654 g/mol. The number of hydrogen-bond acceptors (Lipinski definition) is 8. The average molecular weight is 700 g/mol. The molecule has 4 aromatic rings. The van der Waals surface area contributed by atoms with Gasteiger partial charge in [0.25, 0.3) is 5.91 Å². The molecule has 2 aromatic carbocycles. The van der Waals surface area contributed by atoms with Crippen molar-refractivity contribution in [1.82, 2.24) is 45.9 Å². The summed E-state index contributed by atoms with van der Waals surface area (Å²) in [5, 5.41) is 16.6. The number of carbonyl (C=O) groups is 5. The van der Waals surface area contributed by atoms with Crippen LogP contribution in [0.25, 0.3) is 22.3 Å². The highest BCUT2D eigenvalue weighted by Crippen LogP contribution is 2.23. The number of ether oxygens (including phenoxy) is 1. The number of benzene rings is 2. The van der Waals surface area contributed by atoms with Crippen LogP contribution in [0.2, 0.25) is 0 Å². The van der Waals surface area contributed by atoms with E-state index in [4.69, 9.17) is 4.74 Å². The molecule has 0 fully saturated rings. The summed E-state index contributed by atoms with van der Waals surface area (Å²) in [4.78, 5) is 76.3. The Morgan fingerprint density at radius 1 is 0.922 bits per heavy atom. The normalized spacial score (nSPS) is 20.0. The van der Waals surface area contributed by atoms with Crippen molar-refractivity contribution in [2.75, 3.05) is 26.7 Å². The van der Waals surface area contributed by atoms with Gasteiger partial charge in [-0.1, -0.05) is 44.2 Å². The lowest BCUT2D eigenvalue weighted by molar-refractivity contribution is -0.132. The predicted molar refractivity (Wildman–Crippen MR) is 189 cm³/mol. The van der Waals surface area contributed by atoms with Crippen molar-refractivity contribution >= 4 is 40.4 Å². The molecule has 270 valence electrons. The molecule has 0 spiro atoms. The van der Waals surface area contributed by atoms with E-state index in [2.05, 4.69) is 36.3 Å². The predicted octanol–water partition coefficient (Wildman–Crippen LogP) is 2.31. The van der Waals surface area contributed by atoms with Gasteiger partial charge in [-0.05, 0) is 56.9 Å². The summed E-state index contributed by atoms with van der Waals surface area (Å²) >= 11 is 0. The molecule has 0 saturated carbocycles. The number of nitrogens with one attached hydrogen (secondary N) is 5. The molecule has 5 N–H and O–H groups in total. The van der Waals surface area contributed by atoms with Gasteiger partial charge in [-0.25, -0.2) is 9.67 Å². The van der Waals surface area contributed by atoms with Crippen LogP contribution < -0.4 is 26.0 Å². The summed E-state index contributed by atoms with van der Waals surface area (Å²) < 4.78 is 6.76. The number of amides is 5. The van der Waals surface area contributed by atoms with Crippen molar-refractivity contribution in [1.29, 1.82) is 0 Å². The Morgan fingerprint density at radius 2 is 1.69 bits per heavy atom. The van der Waals surface area contributed by atoms with Gasteiger partial charge in [0.2, 0.25) is 23.6 Å². The zero-order valence-corrected chi connectivity index (χ0v) is 29.5. The molecular formula is C36H45N9O6. The van der Waals surface area contributed by atoms with Crippen LogP contribution in [0.1, 0.15) is 62.9 Å². The third kappa shape index (κ3) is 9.29. The van der Waals surface area contributed by atoms with Crippen LogP contribution >= 0.6 is 0 Å². The number of methoxy groups -OCH3 is 1. The van der Waals surface area contributed by atoms with Gasteiger partial charge in [0.15, 0.2) is 5.82 Å². The molecule has 0 saturated heterocycles. The van der Waals surface area contributed by atoms with E-state index in [1.54, 1.807) is 38.3 Å². The molecule has 0 radical (unpaired) electrons. The van der Waals surface area contributed by atoms with Crippen LogP contribution in [0, 0.1) is 5.92 Å². The van der Waals surface area contributed by atoms with E-state index < -0.39 is 41.8 Å². The first-order valence-corrected chi connectivity index (χ1v) is 17.0. The van der Waals surface area contributed by atoms with Crippen LogP contribution in [-0.2, 0) is 25.7 Å². The van der Waals surface area contributed by atoms with Crippen molar-refractivity contribution < 1.29 is 28.7 Å². The van der Waals surface area contributed by atoms with Gasteiger partial charge in [-0.2, -0.15) is 5.10 Å². The van der Waals surface area contributed by atoms with Crippen molar-refractivity contribution in [2.45, 2.75) is 65.2 Å². The number of aromatic nitrogens is 4. The van der Waals surface area contributed by atoms with Gasteiger partial charge in [0.1, 0.15) is 35.9 Å². The zero-order valence-electron chi connectivity index (χ0n) is 29.5. The molecule has 1 aliphatic rings. The van der Waals surface area contributed by atoms with Crippen LogP contribution in [0.3, 0.4) is 0 Å². The fourth-order valence-electron chi connectivity index (χ4n) is 5.87. The second-order valence-electron chi connectivity index (χ2n) is 13.1. The number of hydrogen-bond donors (Lipinski definition) is 5. The van der Waals surface area contributed by atoms with Gasteiger partial charge in [-0.3, -0.25) is 24.0 Å². The molecule has 0 aliphatic carbocycles. The number of fused-ring (bicyclic) bond motifs is 2. The molecule has 3 heterocycles. The Morgan fingerprint density at radius 3 is 2.41 bits per heavy atom. The Kier molecular flexibility index (Phi) is 11.7. The van der Waals surface area contributed by atoms with Crippen molar-refractivity contribution in [3.05, 3.63) is 66.1 Å². The van der Waals surface area contributed by atoms with E-state index in [1.165, 1.54) is 16.5 Å². The van der Waals surface area contributed by atoms with E-state index >= 15 is 0 Å². The molecule has 15 heteroatoms. The first-order chi connectivity index (χ1) is 24.4. The second kappa shape index (κ2) is 16.3. The summed E-state index contributed by atoms with van der Waals surface area (Å²) in [6, 6.07) is 13.7. The van der Waals surface area contributed by atoms with E-state index in [-0.39, 0.29) is 43.7 Å². The van der Waals surface area contributed by atoms with Gasteiger partial charge in [0, 0.05) is 29.6 Å². The van der Waals surface area contributed by atoms with Crippen molar-refractivity contribution in [3.8, 4) is 17.1 Å². The maximum Gasteiger partial charge on any atom is 0.270 e. The molecule has 15 nitrogen and oxygen atoms in total. The molecule has 5 amide bonds. The maximum atomic E-state index is 13.8. The van der Waals surface area contributed by atoms with Crippen LogP contribution in [-0.4, -0.2) is 93.0 Å². The Balaban J connectivity index is 1.42. The third-order valence-electron chi connectivity index (χ3n) is 8.49. The molecule has 51 heavy (non-hydrogen) atoms. The van der Waals surface area contributed by atoms with Crippen LogP contribution in [0.4, 0.5) is 0 Å². The average Bonchev–Trinajstić information content (AvgIpc) is 3.73. The summed E-state index contributed by atoms with van der Waals surface area (Å²) in [5.74, 6) is -0.919. The smallest absolute Gasteiger partial charge is 0.270 e. The maximum absolute atomic E-state index is 13.8. The van der Waals surface area contributed by atoms with E-state index in [0.717, 1.165) is 16.5 Å². The fourth-order valence-corrected chi connectivity index (χ4v) is 5.87. The van der Waals surface area contributed by atoms with E-state index in [0.29, 0.717) is 30.2 Å². The zero-order chi connectivity index (χ0) is 36.7. The lowest BCUT2D eigenvalue weighted by atomic mass is 10.0. The molecule has 0 unspecified atom stereocenters. The minimum atomic E-state index is -1.01. The highest BCUT2D eigenvalue weighted by molar-refractivity contribution is 6.00. The Hall–Kier alpha value is -5.73. The fraction of sp³-hybridized carbons (Fsp3) is 0.417. The number of nitrogens with zero attached hydrogens (tertiary/aromatic N) is 4. The quantitative estimate of drug-likeness (QED) is 0.210. The van der Waals surface area contributed by atoms with Crippen molar-refractivity contribution in [3.63, 3.8) is 0 Å². The lowest BCUT2D eigenvalue weighted by Gasteiger charge is -2.25. The Bertz CT molecular complexity index is 1890. The number of aromatic amines is 1. The first-order valence-electron chi connectivity index (χ1n) is 17.0. The number of H-pyrrole nitrogens is 1. The molecule has 2 aromatic heterocycles. The number of carbonyl (C=O) groups excluding carboxylic acids is 5. The highest BCUT2D eigenvalue weighted by Gasteiger charge is 2.29. The molecule has 5 rings (SSSR count). The standard InChI is InChI=1S/C36H45N9O6/c1-21(2)16-28-35(49)39-22(3)33-42-32(24-10-7-6-8-11-24)43-45(33)20-30(46)37-14-9-15-44(19-31(47)38-23(4)34(48)41-28)36(50)29-18-25-17-26(51-5)12-13-27(25)40-29/h6-8,10-13,17-18,21-23,28,40H,9,14-16,19-20H2,1-5H3,(H,37,46)(H,38,47)(H,39,49)(H,41,48)/t22-,23+,28+/m0/s1. The third-order valence-corrected chi connectivity index (χ3v) is 8.49. The SMILES string of the molecule is COc1ccc2[nH]c(C(=O)N3CCCNC(=O)Cn4nc(-c5ccccc5)nc4[C@H](C)NC(=O)[C@@H](CC(C)C)NC(=O)[C@@H](C)NC(=O)C3)cc2c1. The second-order valence-corrected chi connectivity index (χ2v) is 13.1. The highest BCUT2D eigenvalue weighted by atomic mass is 16.5. The first kappa shape index (κ1) is 36.5. The monoisotopic (exact) mass is 699 g/mol. The minimum absolute atomic E-state index is 0.0465. The van der Waals surface area contributed by atoms with E-state index in [9.17, 15) is 24.0 Å².